The van der Waals surface area contributed by atoms with Crippen molar-refractivity contribution in [1.29, 1.82) is 0 Å². The Morgan fingerprint density at radius 2 is 1.59 bits per heavy atom. The molecular weight excluding hydrogens is 534 g/mol. The molecule has 2 amide bonds. The summed E-state index contributed by atoms with van der Waals surface area (Å²) >= 11 is 6.24. The molecule has 7 nitrogen and oxygen atoms in total. The Kier molecular flexibility index (Phi) is 10.5. The van der Waals surface area contributed by atoms with Crippen LogP contribution in [0.1, 0.15) is 37.0 Å². The van der Waals surface area contributed by atoms with Crippen LogP contribution >= 0.6 is 11.6 Å². The number of halogens is 1. The molecule has 0 aromatic heterocycles. The molecular formula is C30H36ClN3O4S. The lowest BCUT2D eigenvalue weighted by Crippen LogP contribution is -2.54. The second kappa shape index (κ2) is 13.6. The summed E-state index contributed by atoms with van der Waals surface area (Å²) in [7, 11) is -3.81. The third-order valence-electron chi connectivity index (χ3n) is 6.58. The third kappa shape index (κ3) is 8.57. The van der Waals surface area contributed by atoms with Gasteiger partial charge in [0.25, 0.3) is 0 Å². The zero-order valence-electron chi connectivity index (χ0n) is 22.8. The fraction of sp³-hybridized carbons (Fsp3) is 0.333. The maximum absolute atomic E-state index is 14.1. The van der Waals surface area contributed by atoms with Gasteiger partial charge >= 0.3 is 0 Å². The first kappa shape index (κ1) is 30.2. The molecule has 3 rings (SSSR count). The van der Waals surface area contributed by atoms with E-state index in [4.69, 9.17) is 11.6 Å². The summed E-state index contributed by atoms with van der Waals surface area (Å²) in [5.74, 6) is -0.797. The van der Waals surface area contributed by atoms with Crippen molar-refractivity contribution < 1.29 is 18.0 Å². The maximum atomic E-state index is 14.1. The van der Waals surface area contributed by atoms with E-state index in [0.29, 0.717) is 16.3 Å². The molecule has 0 heterocycles. The van der Waals surface area contributed by atoms with Crippen molar-refractivity contribution in [2.75, 3.05) is 17.1 Å². The van der Waals surface area contributed by atoms with Crippen LogP contribution in [0.5, 0.6) is 0 Å². The minimum Gasteiger partial charge on any atom is -0.352 e. The number of carbonyl (C=O) groups is 2. The zero-order valence-corrected chi connectivity index (χ0v) is 24.4. The SMILES string of the molecule is CC[C@H](C)NC(=O)[C@@H](Cc1ccccc1)N(Cc1cccc(Cl)c1)C(=O)CN(c1ccccc1C)S(C)(=O)=O. The number of benzene rings is 3. The first-order valence-electron chi connectivity index (χ1n) is 12.9. The van der Waals surface area contributed by atoms with Crippen molar-refractivity contribution in [2.45, 2.75) is 52.2 Å². The number of sulfonamides is 1. The van der Waals surface area contributed by atoms with Gasteiger partial charge in [-0.1, -0.05) is 79.2 Å². The number of hydrogen-bond acceptors (Lipinski definition) is 4. The van der Waals surface area contributed by atoms with Crippen LogP contribution in [0.25, 0.3) is 0 Å². The fourth-order valence-corrected chi connectivity index (χ4v) is 5.39. The van der Waals surface area contributed by atoms with Crippen molar-refractivity contribution in [2.24, 2.45) is 0 Å². The van der Waals surface area contributed by atoms with E-state index >= 15 is 0 Å². The van der Waals surface area contributed by atoms with Gasteiger partial charge in [-0.25, -0.2) is 8.42 Å². The highest BCUT2D eigenvalue weighted by Gasteiger charge is 2.33. The lowest BCUT2D eigenvalue weighted by molar-refractivity contribution is -0.140. The van der Waals surface area contributed by atoms with E-state index in [1.165, 1.54) is 4.90 Å². The van der Waals surface area contributed by atoms with E-state index in [9.17, 15) is 18.0 Å². The van der Waals surface area contributed by atoms with Crippen LogP contribution in [0.3, 0.4) is 0 Å². The molecule has 39 heavy (non-hydrogen) atoms. The van der Waals surface area contributed by atoms with Gasteiger partial charge in [0.1, 0.15) is 12.6 Å². The fourth-order valence-electron chi connectivity index (χ4n) is 4.27. The number of anilines is 1. The number of amides is 2. The van der Waals surface area contributed by atoms with E-state index in [0.717, 1.165) is 28.1 Å². The van der Waals surface area contributed by atoms with Crippen LogP contribution < -0.4 is 9.62 Å². The van der Waals surface area contributed by atoms with Gasteiger partial charge in [0.05, 0.1) is 11.9 Å². The summed E-state index contributed by atoms with van der Waals surface area (Å²) in [6.45, 7) is 5.30. The summed E-state index contributed by atoms with van der Waals surface area (Å²) in [5, 5.41) is 3.52. The highest BCUT2D eigenvalue weighted by molar-refractivity contribution is 7.92. The Labute approximate surface area is 236 Å². The summed E-state index contributed by atoms with van der Waals surface area (Å²) in [6, 6.07) is 22.6. The topological polar surface area (TPSA) is 86.8 Å². The highest BCUT2D eigenvalue weighted by Crippen LogP contribution is 2.24. The number of hydrogen-bond donors (Lipinski definition) is 1. The molecule has 0 radical (unpaired) electrons. The van der Waals surface area contributed by atoms with Gasteiger partial charge < -0.3 is 10.2 Å². The molecule has 0 saturated carbocycles. The Morgan fingerprint density at radius 3 is 2.21 bits per heavy atom. The van der Waals surface area contributed by atoms with Gasteiger partial charge in [0.2, 0.25) is 21.8 Å². The normalized spacial score (nSPS) is 12.8. The number of aryl methyl sites for hydroxylation is 1. The molecule has 3 aromatic rings. The molecule has 9 heteroatoms. The molecule has 0 aliphatic heterocycles. The predicted octanol–water partition coefficient (Wildman–Crippen LogP) is 4.97. The van der Waals surface area contributed by atoms with E-state index in [2.05, 4.69) is 5.32 Å². The van der Waals surface area contributed by atoms with E-state index in [1.807, 2.05) is 56.3 Å². The zero-order chi connectivity index (χ0) is 28.6. The quantitative estimate of drug-likeness (QED) is 0.334. The Balaban J connectivity index is 2.07. The van der Waals surface area contributed by atoms with Crippen molar-refractivity contribution in [3.05, 3.63) is 101 Å². The highest BCUT2D eigenvalue weighted by atomic mass is 35.5. The first-order valence-corrected chi connectivity index (χ1v) is 15.1. The molecule has 0 spiro atoms. The van der Waals surface area contributed by atoms with Gasteiger partial charge in [-0.05, 0) is 55.2 Å². The molecule has 0 unspecified atom stereocenters. The molecule has 0 aliphatic carbocycles. The molecule has 3 aromatic carbocycles. The van der Waals surface area contributed by atoms with E-state index in [-0.39, 0.29) is 24.9 Å². The summed E-state index contributed by atoms with van der Waals surface area (Å²) in [6.07, 6.45) is 2.06. The molecule has 208 valence electrons. The van der Waals surface area contributed by atoms with E-state index in [1.54, 1.807) is 43.3 Å². The first-order chi connectivity index (χ1) is 18.5. The van der Waals surface area contributed by atoms with E-state index < -0.39 is 28.5 Å². The number of nitrogens with one attached hydrogen (secondary N) is 1. The number of para-hydroxylation sites is 1. The number of nitrogens with zero attached hydrogens (tertiary/aromatic N) is 2. The molecule has 1 N–H and O–H groups in total. The summed E-state index contributed by atoms with van der Waals surface area (Å²) in [5.41, 5.74) is 2.74. The molecule has 0 aliphatic rings. The third-order valence-corrected chi connectivity index (χ3v) is 7.94. The molecule has 0 saturated heterocycles. The summed E-state index contributed by atoms with van der Waals surface area (Å²) < 4.78 is 26.9. The lowest BCUT2D eigenvalue weighted by atomic mass is 10.0. The minimum atomic E-state index is -3.81. The lowest BCUT2D eigenvalue weighted by Gasteiger charge is -2.34. The van der Waals surface area contributed by atoms with Crippen LogP contribution in [0.15, 0.2) is 78.9 Å². The van der Waals surface area contributed by atoms with Crippen LogP contribution in [-0.4, -0.2) is 50.0 Å². The smallest absolute Gasteiger partial charge is 0.244 e. The molecule has 0 bridgehead atoms. The van der Waals surface area contributed by atoms with Crippen LogP contribution in [0.4, 0.5) is 5.69 Å². The van der Waals surface area contributed by atoms with Crippen molar-refractivity contribution in [3.63, 3.8) is 0 Å². The molecule has 0 fully saturated rings. The van der Waals surface area contributed by atoms with Gasteiger partial charge in [-0.15, -0.1) is 0 Å². The van der Waals surface area contributed by atoms with Crippen LogP contribution in [0, 0.1) is 6.92 Å². The average molecular weight is 570 g/mol. The van der Waals surface area contributed by atoms with Crippen molar-refractivity contribution in [1.82, 2.24) is 10.2 Å². The standard InChI is InChI=1S/C30H36ClN3O4S/c1-5-23(3)32-30(36)28(19-24-13-7-6-8-14-24)33(20-25-15-11-16-26(31)18-25)29(35)21-34(39(4,37)38)27-17-10-9-12-22(27)2/h6-18,23,28H,5,19-21H2,1-4H3,(H,32,36)/t23-,28+/m0/s1. The molecule has 2 atom stereocenters. The second-order valence-electron chi connectivity index (χ2n) is 9.73. The monoisotopic (exact) mass is 569 g/mol. The Morgan fingerprint density at radius 1 is 0.949 bits per heavy atom. The van der Waals surface area contributed by atoms with Crippen LogP contribution in [-0.2, 0) is 32.6 Å². The van der Waals surface area contributed by atoms with Gasteiger partial charge in [0.15, 0.2) is 0 Å². The average Bonchev–Trinajstić information content (AvgIpc) is 2.89. The van der Waals surface area contributed by atoms with Crippen molar-refractivity contribution >= 4 is 39.1 Å². The largest absolute Gasteiger partial charge is 0.352 e. The minimum absolute atomic E-state index is 0.0796. The second-order valence-corrected chi connectivity index (χ2v) is 12.1. The van der Waals surface area contributed by atoms with Gasteiger partial charge in [-0.2, -0.15) is 0 Å². The Bertz CT molecular complexity index is 1380. The Hall–Kier alpha value is -3.36. The van der Waals surface area contributed by atoms with Gasteiger partial charge in [0, 0.05) is 24.0 Å². The number of carbonyl (C=O) groups excluding carboxylic acids is 2. The van der Waals surface area contributed by atoms with Gasteiger partial charge in [-0.3, -0.25) is 13.9 Å². The number of rotatable bonds is 12. The van der Waals surface area contributed by atoms with Crippen LogP contribution in [0.2, 0.25) is 5.02 Å². The van der Waals surface area contributed by atoms with Crippen molar-refractivity contribution in [3.8, 4) is 0 Å². The predicted molar refractivity (Wildman–Crippen MR) is 157 cm³/mol. The maximum Gasteiger partial charge on any atom is 0.244 e. The summed E-state index contributed by atoms with van der Waals surface area (Å²) in [4.78, 5) is 29.2.